The standard InChI is InChI=1S/C18H22N2O3S.ClH/c1-18(2,13-19)20-17(21)15-8-6-7-14(11-15)12-24(22,23)16-9-4-3-5-10-16;/h3-11H,12-13,19H2,1-2H3,(H,20,21);1H. The van der Waals surface area contributed by atoms with Crippen LogP contribution in [0.2, 0.25) is 0 Å². The lowest BCUT2D eigenvalue weighted by Crippen LogP contribution is -2.48. The van der Waals surface area contributed by atoms with Gasteiger partial charge in [-0.25, -0.2) is 8.42 Å². The molecule has 0 atom stereocenters. The minimum atomic E-state index is -3.45. The minimum Gasteiger partial charge on any atom is -0.346 e. The van der Waals surface area contributed by atoms with Crippen molar-refractivity contribution in [2.24, 2.45) is 5.73 Å². The molecule has 136 valence electrons. The Labute approximate surface area is 155 Å². The molecule has 0 bridgehead atoms. The Bertz CT molecular complexity index is 821. The molecule has 0 aliphatic rings. The molecule has 2 aromatic rings. The van der Waals surface area contributed by atoms with Crippen LogP contribution in [0.1, 0.15) is 29.8 Å². The van der Waals surface area contributed by atoms with Crippen molar-refractivity contribution in [1.82, 2.24) is 5.32 Å². The predicted molar refractivity (Wildman–Crippen MR) is 102 cm³/mol. The van der Waals surface area contributed by atoms with Crippen molar-refractivity contribution in [1.29, 1.82) is 0 Å². The summed E-state index contributed by atoms with van der Waals surface area (Å²) in [7, 11) is -3.45. The van der Waals surface area contributed by atoms with Gasteiger partial charge >= 0.3 is 0 Å². The Morgan fingerprint density at radius 3 is 2.32 bits per heavy atom. The summed E-state index contributed by atoms with van der Waals surface area (Å²) in [6, 6.07) is 14.9. The molecule has 0 heterocycles. The Kier molecular flexibility index (Phi) is 7.17. The lowest BCUT2D eigenvalue weighted by atomic mass is 10.0. The molecule has 3 N–H and O–H groups in total. The van der Waals surface area contributed by atoms with E-state index in [0.29, 0.717) is 17.7 Å². The van der Waals surface area contributed by atoms with Gasteiger partial charge < -0.3 is 11.1 Å². The molecule has 0 saturated heterocycles. The van der Waals surface area contributed by atoms with Gasteiger partial charge in [-0.15, -0.1) is 12.4 Å². The van der Waals surface area contributed by atoms with E-state index in [-0.39, 0.29) is 29.0 Å². The van der Waals surface area contributed by atoms with Crippen LogP contribution < -0.4 is 11.1 Å². The molecule has 5 nitrogen and oxygen atoms in total. The molecule has 0 radical (unpaired) electrons. The van der Waals surface area contributed by atoms with Gasteiger partial charge in [0.2, 0.25) is 0 Å². The normalized spacial score (nSPS) is 11.5. The first-order chi connectivity index (χ1) is 11.2. The first-order valence-electron chi connectivity index (χ1n) is 7.63. The summed E-state index contributed by atoms with van der Waals surface area (Å²) in [6.07, 6.45) is 0. The number of nitrogens with two attached hydrogens (primary N) is 1. The summed E-state index contributed by atoms with van der Waals surface area (Å²) in [6.45, 7) is 3.96. The summed E-state index contributed by atoms with van der Waals surface area (Å²) in [5.74, 6) is -0.428. The van der Waals surface area contributed by atoms with E-state index in [1.807, 2.05) is 13.8 Å². The van der Waals surface area contributed by atoms with E-state index in [1.165, 1.54) is 0 Å². The van der Waals surface area contributed by atoms with Gasteiger partial charge in [0, 0.05) is 17.6 Å². The Hall–Kier alpha value is -1.89. The summed E-state index contributed by atoms with van der Waals surface area (Å²) in [4.78, 5) is 12.6. The molecular formula is C18H23ClN2O3S. The maximum absolute atomic E-state index is 12.4. The largest absolute Gasteiger partial charge is 0.346 e. The topological polar surface area (TPSA) is 89.3 Å². The number of halogens is 1. The highest BCUT2D eigenvalue weighted by molar-refractivity contribution is 7.90. The summed E-state index contributed by atoms with van der Waals surface area (Å²) in [5, 5.41) is 2.83. The van der Waals surface area contributed by atoms with E-state index in [2.05, 4.69) is 5.32 Å². The number of hydrogen-bond acceptors (Lipinski definition) is 4. The second-order valence-electron chi connectivity index (χ2n) is 6.31. The number of sulfone groups is 1. The molecule has 0 saturated carbocycles. The molecule has 25 heavy (non-hydrogen) atoms. The Morgan fingerprint density at radius 1 is 1.08 bits per heavy atom. The van der Waals surface area contributed by atoms with Crippen molar-refractivity contribution in [2.75, 3.05) is 6.54 Å². The van der Waals surface area contributed by atoms with Gasteiger partial charge in [-0.3, -0.25) is 4.79 Å². The minimum absolute atomic E-state index is 0. The number of hydrogen-bond donors (Lipinski definition) is 2. The molecule has 0 aliphatic heterocycles. The zero-order valence-electron chi connectivity index (χ0n) is 14.2. The monoisotopic (exact) mass is 382 g/mol. The Balaban J connectivity index is 0.00000312. The predicted octanol–water partition coefficient (Wildman–Crippen LogP) is 2.55. The van der Waals surface area contributed by atoms with E-state index in [4.69, 9.17) is 5.73 Å². The molecule has 0 unspecified atom stereocenters. The molecular weight excluding hydrogens is 360 g/mol. The highest BCUT2D eigenvalue weighted by Gasteiger charge is 2.20. The number of carbonyl (C=O) groups excluding carboxylic acids is 1. The van der Waals surface area contributed by atoms with Crippen molar-refractivity contribution in [2.45, 2.75) is 30.0 Å². The van der Waals surface area contributed by atoms with Crippen LogP contribution in [0.5, 0.6) is 0 Å². The van der Waals surface area contributed by atoms with Crippen LogP contribution in [-0.2, 0) is 15.6 Å². The number of nitrogens with one attached hydrogen (secondary N) is 1. The van der Waals surface area contributed by atoms with Crippen LogP contribution in [0, 0.1) is 0 Å². The SMILES string of the molecule is CC(C)(CN)NC(=O)c1cccc(CS(=O)(=O)c2ccccc2)c1.Cl. The second kappa shape index (κ2) is 8.47. The number of carbonyl (C=O) groups is 1. The van der Waals surface area contributed by atoms with Crippen molar-refractivity contribution in [3.63, 3.8) is 0 Å². The number of benzene rings is 2. The summed E-state index contributed by atoms with van der Waals surface area (Å²) >= 11 is 0. The number of amides is 1. The molecule has 0 spiro atoms. The van der Waals surface area contributed by atoms with E-state index in [0.717, 1.165) is 0 Å². The van der Waals surface area contributed by atoms with Gasteiger partial charge in [0.1, 0.15) is 0 Å². The van der Waals surface area contributed by atoms with E-state index in [9.17, 15) is 13.2 Å². The maximum Gasteiger partial charge on any atom is 0.251 e. The van der Waals surface area contributed by atoms with E-state index in [1.54, 1.807) is 54.6 Å². The zero-order chi connectivity index (χ0) is 17.8. The van der Waals surface area contributed by atoms with Crippen molar-refractivity contribution in [3.8, 4) is 0 Å². The molecule has 2 aromatic carbocycles. The van der Waals surface area contributed by atoms with E-state index < -0.39 is 15.4 Å². The van der Waals surface area contributed by atoms with Crippen LogP contribution in [0.4, 0.5) is 0 Å². The average molecular weight is 383 g/mol. The Morgan fingerprint density at radius 2 is 1.72 bits per heavy atom. The second-order valence-corrected chi connectivity index (χ2v) is 8.30. The van der Waals surface area contributed by atoms with Crippen molar-refractivity contribution in [3.05, 3.63) is 65.7 Å². The van der Waals surface area contributed by atoms with Crippen LogP contribution in [0.25, 0.3) is 0 Å². The van der Waals surface area contributed by atoms with Crippen molar-refractivity contribution >= 4 is 28.2 Å². The van der Waals surface area contributed by atoms with Gasteiger partial charge in [-0.05, 0) is 43.7 Å². The lowest BCUT2D eigenvalue weighted by Gasteiger charge is -2.24. The van der Waals surface area contributed by atoms with Gasteiger partial charge in [-0.1, -0.05) is 30.3 Å². The van der Waals surface area contributed by atoms with Crippen LogP contribution in [0.3, 0.4) is 0 Å². The van der Waals surface area contributed by atoms with Crippen molar-refractivity contribution < 1.29 is 13.2 Å². The maximum atomic E-state index is 12.4. The fourth-order valence-electron chi connectivity index (χ4n) is 2.16. The van der Waals surface area contributed by atoms with E-state index >= 15 is 0 Å². The quantitative estimate of drug-likeness (QED) is 0.803. The average Bonchev–Trinajstić information content (AvgIpc) is 2.55. The zero-order valence-corrected chi connectivity index (χ0v) is 15.9. The fourth-order valence-corrected chi connectivity index (χ4v) is 3.52. The molecule has 0 aromatic heterocycles. The molecule has 1 amide bonds. The first kappa shape index (κ1) is 21.2. The number of rotatable bonds is 6. The van der Waals surface area contributed by atoms with Gasteiger partial charge in [0.15, 0.2) is 9.84 Å². The van der Waals surface area contributed by atoms with Gasteiger partial charge in [0.25, 0.3) is 5.91 Å². The molecule has 2 rings (SSSR count). The van der Waals surface area contributed by atoms with Crippen LogP contribution >= 0.6 is 12.4 Å². The summed E-state index contributed by atoms with van der Waals surface area (Å²) in [5.41, 5.74) is 6.07. The third kappa shape index (κ3) is 5.85. The van der Waals surface area contributed by atoms with Gasteiger partial charge in [0.05, 0.1) is 10.6 Å². The molecule has 0 aliphatic carbocycles. The van der Waals surface area contributed by atoms with Crippen LogP contribution in [-0.4, -0.2) is 26.4 Å². The van der Waals surface area contributed by atoms with Gasteiger partial charge in [-0.2, -0.15) is 0 Å². The highest BCUT2D eigenvalue weighted by Crippen LogP contribution is 2.17. The summed E-state index contributed by atoms with van der Waals surface area (Å²) < 4.78 is 24.9. The van der Waals surface area contributed by atoms with Crippen LogP contribution in [0.15, 0.2) is 59.5 Å². The lowest BCUT2D eigenvalue weighted by molar-refractivity contribution is 0.0915. The molecule has 0 fully saturated rings. The fraction of sp³-hybridized carbons (Fsp3) is 0.278. The highest BCUT2D eigenvalue weighted by atomic mass is 35.5. The molecule has 7 heteroatoms. The third-order valence-corrected chi connectivity index (χ3v) is 5.31. The smallest absolute Gasteiger partial charge is 0.251 e. The first-order valence-corrected chi connectivity index (χ1v) is 9.28. The third-order valence-electron chi connectivity index (χ3n) is 3.61.